The monoisotopic (exact) mass is 366 g/mol. The Kier molecular flexibility index (Phi) is 4.81. The number of benzene rings is 2. The summed E-state index contributed by atoms with van der Waals surface area (Å²) in [5.41, 5.74) is 3.18. The first-order valence-corrected chi connectivity index (χ1v) is 7.98. The van der Waals surface area contributed by atoms with E-state index in [0.29, 0.717) is 10.6 Å². The number of hydrogen-bond acceptors (Lipinski definition) is 2. The maximum absolute atomic E-state index is 12.5. The van der Waals surface area contributed by atoms with Gasteiger partial charge in [-0.25, -0.2) is 5.43 Å². The number of amides is 1. The molecule has 2 atom stereocenters. The fourth-order valence-electron chi connectivity index (χ4n) is 2.60. The molecule has 0 aliphatic heterocycles. The molecule has 7 heteroatoms. The van der Waals surface area contributed by atoms with Gasteiger partial charge in [0, 0.05) is 10.9 Å². The lowest BCUT2D eigenvalue weighted by Gasteiger charge is -2.05. The van der Waals surface area contributed by atoms with Crippen LogP contribution < -0.4 is 5.43 Å². The van der Waals surface area contributed by atoms with E-state index in [0.717, 1.165) is 24.1 Å². The topological polar surface area (TPSA) is 41.5 Å². The molecule has 0 spiro atoms. The van der Waals surface area contributed by atoms with E-state index in [4.69, 9.17) is 11.6 Å². The van der Waals surface area contributed by atoms with Crippen molar-refractivity contribution in [1.82, 2.24) is 5.43 Å². The Hall–Kier alpha value is -2.34. The van der Waals surface area contributed by atoms with Crippen LogP contribution in [-0.2, 0) is 11.0 Å². The molecule has 0 saturated heterocycles. The van der Waals surface area contributed by atoms with Gasteiger partial charge in [-0.3, -0.25) is 4.79 Å². The van der Waals surface area contributed by atoms with Crippen molar-refractivity contribution >= 4 is 23.7 Å². The molecule has 0 bridgehead atoms. The van der Waals surface area contributed by atoms with Gasteiger partial charge in [-0.1, -0.05) is 35.9 Å². The summed E-state index contributed by atoms with van der Waals surface area (Å²) in [5.74, 6) is -0.253. The van der Waals surface area contributed by atoms with Gasteiger partial charge in [0.2, 0.25) is 5.91 Å². The Bertz CT molecular complexity index is 803. The Morgan fingerprint density at radius 1 is 1.20 bits per heavy atom. The molecular weight excluding hydrogens is 353 g/mol. The highest BCUT2D eigenvalue weighted by molar-refractivity contribution is 6.30. The fraction of sp³-hybridized carbons (Fsp3) is 0.222. The Morgan fingerprint density at radius 2 is 1.92 bits per heavy atom. The SMILES string of the molecule is O=C(N/N=C/c1ccc(C(F)(F)F)cc1)C1CC1c1cccc(Cl)c1. The third-order valence-corrected chi connectivity index (χ3v) is 4.27. The van der Waals surface area contributed by atoms with E-state index in [9.17, 15) is 18.0 Å². The fourth-order valence-corrected chi connectivity index (χ4v) is 2.80. The molecule has 1 amide bonds. The van der Waals surface area contributed by atoms with Crippen molar-refractivity contribution in [3.63, 3.8) is 0 Å². The zero-order chi connectivity index (χ0) is 18.0. The second kappa shape index (κ2) is 6.88. The van der Waals surface area contributed by atoms with Crippen molar-refractivity contribution in [1.29, 1.82) is 0 Å². The summed E-state index contributed by atoms with van der Waals surface area (Å²) < 4.78 is 37.4. The first-order chi connectivity index (χ1) is 11.8. The maximum atomic E-state index is 12.5. The number of rotatable bonds is 4. The number of nitrogens with zero attached hydrogens (tertiary/aromatic N) is 1. The van der Waals surface area contributed by atoms with Crippen LogP contribution in [0.1, 0.15) is 29.0 Å². The summed E-state index contributed by atoms with van der Waals surface area (Å²) in [6.07, 6.45) is -2.33. The minimum Gasteiger partial charge on any atom is -0.273 e. The van der Waals surface area contributed by atoms with Gasteiger partial charge < -0.3 is 0 Å². The van der Waals surface area contributed by atoms with Crippen LogP contribution in [-0.4, -0.2) is 12.1 Å². The summed E-state index contributed by atoms with van der Waals surface area (Å²) in [4.78, 5) is 12.0. The predicted octanol–water partition coefficient (Wildman–Crippen LogP) is 4.61. The van der Waals surface area contributed by atoms with E-state index in [1.165, 1.54) is 18.3 Å². The molecule has 2 aromatic rings. The normalized spacial score (nSPS) is 19.8. The van der Waals surface area contributed by atoms with Crippen molar-refractivity contribution in [3.8, 4) is 0 Å². The zero-order valence-electron chi connectivity index (χ0n) is 12.9. The first-order valence-electron chi connectivity index (χ1n) is 7.60. The molecule has 0 aromatic heterocycles. The minimum atomic E-state index is -4.37. The molecule has 1 saturated carbocycles. The lowest BCUT2D eigenvalue weighted by Crippen LogP contribution is -2.20. The highest BCUT2D eigenvalue weighted by Gasteiger charge is 2.44. The van der Waals surface area contributed by atoms with Gasteiger partial charge in [-0.15, -0.1) is 0 Å². The molecule has 130 valence electrons. The zero-order valence-corrected chi connectivity index (χ0v) is 13.7. The van der Waals surface area contributed by atoms with Crippen LogP contribution in [0.25, 0.3) is 0 Å². The standard InChI is InChI=1S/C18H14ClF3N2O/c19-14-3-1-2-12(8-14)15-9-16(15)17(25)24-23-10-11-4-6-13(7-5-11)18(20,21)22/h1-8,10,15-16H,9H2,(H,24,25)/b23-10+. The number of nitrogens with one attached hydrogen (secondary N) is 1. The van der Waals surface area contributed by atoms with Crippen LogP contribution in [0.3, 0.4) is 0 Å². The second-order valence-corrected chi connectivity index (χ2v) is 6.29. The molecule has 3 nitrogen and oxygen atoms in total. The van der Waals surface area contributed by atoms with Gasteiger partial charge >= 0.3 is 6.18 Å². The lowest BCUT2D eigenvalue weighted by atomic mass is 10.1. The molecule has 1 fully saturated rings. The van der Waals surface area contributed by atoms with E-state index in [-0.39, 0.29) is 17.7 Å². The highest BCUT2D eigenvalue weighted by Crippen LogP contribution is 2.47. The average molecular weight is 367 g/mol. The van der Waals surface area contributed by atoms with Crippen molar-refractivity contribution in [2.75, 3.05) is 0 Å². The van der Waals surface area contributed by atoms with Crippen LogP contribution >= 0.6 is 11.6 Å². The van der Waals surface area contributed by atoms with Gasteiger partial charge in [0.15, 0.2) is 0 Å². The van der Waals surface area contributed by atoms with Crippen molar-refractivity contribution in [2.24, 2.45) is 11.0 Å². The number of carbonyl (C=O) groups is 1. The molecule has 1 N–H and O–H groups in total. The van der Waals surface area contributed by atoms with Gasteiger partial charge in [0.25, 0.3) is 0 Å². The average Bonchev–Trinajstić information content (AvgIpc) is 3.35. The van der Waals surface area contributed by atoms with Crippen LogP contribution in [0, 0.1) is 5.92 Å². The molecule has 2 aromatic carbocycles. The van der Waals surface area contributed by atoms with Crippen LogP contribution in [0.2, 0.25) is 5.02 Å². The number of halogens is 4. The van der Waals surface area contributed by atoms with Crippen LogP contribution in [0.15, 0.2) is 53.6 Å². The van der Waals surface area contributed by atoms with Gasteiger partial charge in [0.1, 0.15) is 0 Å². The Morgan fingerprint density at radius 3 is 2.56 bits per heavy atom. The van der Waals surface area contributed by atoms with Crippen LogP contribution in [0.4, 0.5) is 13.2 Å². The molecule has 3 rings (SSSR count). The van der Waals surface area contributed by atoms with E-state index < -0.39 is 11.7 Å². The number of carbonyl (C=O) groups excluding carboxylic acids is 1. The molecular formula is C18H14ClF3N2O. The smallest absolute Gasteiger partial charge is 0.273 e. The minimum absolute atomic E-state index is 0.125. The van der Waals surface area contributed by atoms with E-state index >= 15 is 0 Å². The first kappa shape index (κ1) is 17.5. The predicted molar refractivity (Wildman–Crippen MR) is 89.5 cm³/mol. The van der Waals surface area contributed by atoms with Gasteiger partial charge in [-0.05, 0) is 47.7 Å². The summed E-state index contributed by atoms with van der Waals surface area (Å²) in [5, 5.41) is 4.44. The molecule has 0 radical (unpaired) electrons. The summed E-state index contributed by atoms with van der Waals surface area (Å²) >= 11 is 5.94. The van der Waals surface area contributed by atoms with E-state index in [1.807, 2.05) is 18.2 Å². The van der Waals surface area contributed by atoms with Crippen molar-refractivity contribution in [3.05, 3.63) is 70.2 Å². The number of alkyl halides is 3. The molecule has 1 aliphatic carbocycles. The maximum Gasteiger partial charge on any atom is 0.416 e. The molecule has 2 unspecified atom stereocenters. The van der Waals surface area contributed by atoms with Gasteiger partial charge in [0.05, 0.1) is 11.8 Å². The second-order valence-electron chi connectivity index (χ2n) is 5.86. The highest BCUT2D eigenvalue weighted by atomic mass is 35.5. The summed E-state index contributed by atoms with van der Waals surface area (Å²) in [6, 6.07) is 11.9. The summed E-state index contributed by atoms with van der Waals surface area (Å²) in [6.45, 7) is 0. The molecule has 25 heavy (non-hydrogen) atoms. The summed E-state index contributed by atoms with van der Waals surface area (Å²) in [7, 11) is 0. The molecule has 1 aliphatic rings. The molecule has 0 heterocycles. The number of hydrazone groups is 1. The van der Waals surface area contributed by atoms with Gasteiger partial charge in [-0.2, -0.15) is 18.3 Å². The Balaban J connectivity index is 1.54. The quantitative estimate of drug-likeness (QED) is 0.623. The van der Waals surface area contributed by atoms with Crippen molar-refractivity contribution < 1.29 is 18.0 Å². The largest absolute Gasteiger partial charge is 0.416 e. The van der Waals surface area contributed by atoms with Crippen molar-refractivity contribution in [2.45, 2.75) is 18.5 Å². The lowest BCUT2D eigenvalue weighted by molar-refractivity contribution is -0.137. The third kappa shape index (κ3) is 4.39. The van der Waals surface area contributed by atoms with Crippen LogP contribution in [0.5, 0.6) is 0 Å². The Labute approximate surface area is 147 Å². The van der Waals surface area contributed by atoms with E-state index in [2.05, 4.69) is 10.5 Å². The number of hydrogen-bond donors (Lipinski definition) is 1. The third-order valence-electron chi connectivity index (χ3n) is 4.03. The van der Waals surface area contributed by atoms with E-state index in [1.54, 1.807) is 6.07 Å².